The van der Waals surface area contributed by atoms with Gasteiger partial charge in [0, 0.05) is 5.69 Å². The number of aryl methyl sites for hydroxylation is 1. The van der Waals surface area contributed by atoms with Gasteiger partial charge in [-0.1, -0.05) is 12.1 Å². The molecule has 0 fully saturated rings. The van der Waals surface area contributed by atoms with Crippen molar-refractivity contribution in [3.8, 4) is 0 Å². The summed E-state index contributed by atoms with van der Waals surface area (Å²) >= 11 is 1.82. The van der Waals surface area contributed by atoms with Gasteiger partial charge in [-0.3, -0.25) is 4.79 Å². The van der Waals surface area contributed by atoms with Gasteiger partial charge in [0.05, 0.1) is 12.1 Å². The van der Waals surface area contributed by atoms with E-state index in [1.807, 2.05) is 36.0 Å². The van der Waals surface area contributed by atoms with Crippen LogP contribution in [0.15, 0.2) is 41.0 Å². The number of thioether (sulfide) groups is 1. The van der Waals surface area contributed by atoms with E-state index in [0.717, 1.165) is 17.9 Å². The van der Waals surface area contributed by atoms with Crippen molar-refractivity contribution in [1.82, 2.24) is 0 Å². The van der Waals surface area contributed by atoms with Crippen molar-refractivity contribution in [2.45, 2.75) is 13.0 Å². The smallest absolute Gasteiger partial charge is 0.258 e. The molecule has 2 aromatic rings. The first kappa shape index (κ1) is 17.6. The number of hydrogen-bond donors (Lipinski definition) is 2. The Morgan fingerprint density at radius 1 is 1.33 bits per heavy atom. The fourth-order valence-corrected chi connectivity index (χ4v) is 2.22. The van der Waals surface area contributed by atoms with Crippen molar-refractivity contribution in [1.29, 1.82) is 0 Å². The van der Waals surface area contributed by atoms with E-state index in [-0.39, 0.29) is 24.9 Å². The maximum Gasteiger partial charge on any atom is 0.258 e. The van der Waals surface area contributed by atoms with Gasteiger partial charge in [-0.15, -0.1) is 12.4 Å². The third kappa shape index (κ3) is 5.12. The molecule has 1 aromatic heterocycles. The fourth-order valence-electron chi connectivity index (χ4n) is 1.78. The van der Waals surface area contributed by atoms with E-state index in [1.165, 1.54) is 11.8 Å². The number of amides is 1. The number of nitrogens with two attached hydrogens (primary N) is 1. The highest BCUT2D eigenvalue weighted by molar-refractivity contribution is 7.98. The Morgan fingerprint density at radius 3 is 2.62 bits per heavy atom. The first-order valence-electron chi connectivity index (χ1n) is 6.39. The molecule has 21 heavy (non-hydrogen) atoms. The maximum absolute atomic E-state index is 12.0. The number of benzene rings is 1. The molecule has 3 N–H and O–H groups in total. The number of rotatable bonds is 6. The van der Waals surface area contributed by atoms with E-state index < -0.39 is 0 Å². The van der Waals surface area contributed by atoms with Crippen LogP contribution in [0, 0.1) is 0 Å². The lowest BCUT2D eigenvalue weighted by Gasteiger charge is -2.05. The second-order valence-corrected chi connectivity index (χ2v) is 5.39. The van der Waals surface area contributed by atoms with Crippen LogP contribution in [0.5, 0.6) is 0 Å². The van der Waals surface area contributed by atoms with Gasteiger partial charge in [-0.05, 0) is 42.2 Å². The summed E-state index contributed by atoms with van der Waals surface area (Å²) in [5.74, 6) is 1.51. The zero-order valence-corrected chi connectivity index (χ0v) is 13.4. The van der Waals surface area contributed by atoms with Gasteiger partial charge < -0.3 is 15.5 Å². The van der Waals surface area contributed by atoms with Gasteiger partial charge in [0.15, 0.2) is 0 Å². The average molecular weight is 327 g/mol. The van der Waals surface area contributed by atoms with Crippen LogP contribution in [0.4, 0.5) is 5.69 Å². The van der Waals surface area contributed by atoms with E-state index in [0.29, 0.717) is 11.3 Å². The lowest BCUT2D eigenvalue weighted by Crippen LogP contribution is -2.10. The summed E-state index contributed by atoms with van der Waals surface area (Å²) in [7, 11) is 0. The van der Waals surface area contributed by atoms with Crippen molar-refractivity contribution >= 4 is 35.8 Å². The van der Waals surface area contributed by atoms with Gasteiger partial charge >= 0.3 is 0 Å². The number of anilines is 1. The van der Waals surface area contributed by atoms with Crippen LogP contribution in [0.25, 0.3) is 0 Å². The Bertz CT molecular complexity index is 569. The van der Waals surface area contributed by atoms with E-state index in [1.54, 1.807) is 6.07 Å². The number of furan rings is 1. The van der Waals surface area contributed by atoms with Crippen LogP contribution in [-0.4, -0.2) is 17.9 Å². The molecule has 1 heterocycles. The molecule has 0 aliphatic carbocycles. The number of hydrogen-bond acceptors (Lipinski definition) is 4. The Balaban J connectivity index is 0.00000220. The highest BCUT2D eigenvalue weighted by Gasteiger charge is 2.09. The Hall–Kier alpha value is -1.43. The third-order valence-corrected chi connectivity index (χ3v) is 3.54. The van der Waals surface area contributed by atoms with Crippen molar-refractivity contribution in [2.75, 3.05) is 17.3 Å². The summed E-state index contributed by atoms with van der Waals surface area (Å²) in [6, 6.07) is 9.55. The van der Waals surface area contributed by atoms with Crippen LogP contribution < -0.4 is 11.1 Å². The van der Waals surface area contributed by atoms with Crippen molar-refractivity contribution in [2.24, 2.45) is 5.73 Å². The lowest BCUT2D eigenvalue weighted by molar-refractivity contribution is 0.102. The zero-order chi connectivity index (χ0) is 14.4. The molecule has 0 saturated heterocycles. The summed E-state index contributed by atoms with van der Waals surface area (Å²) in [6.45, 7) is 0.289. The molecule has 1 aromatic carbocycles. The fraction of sp³-hybridized carbons (Fsp3) is 0.267. The number of carbonyl (C=O) groups excluding carboxylic acids is 1. The van der Waals surface area contributed by atoms with Crippen molar-refractivity contribution in [3.63, 3.8) is 0 Å². The Kier molecular flexibility index (Phi) is 7.36. The van der Waals surface area contributed by atoms with Crippen molar-refractivity contribution < 1.29 is 9.21 Å². The lowest BCUT2D eigenvalue weighted by atomic mass is 10.1. The van der Waals surface area contributed by atoms with E-state index in [2.05, 4.69) is 11.6 Å². The molecule has 0 saturated carbocycles. The quantitative estimate of drug-likeness (QED) is 0.854. The van der Waals surface area contributed by atoms with Gasteiger partial charge in [0.1, 0.15) is 12.0 Å². The average Bonchev–Trinajstić information content (AvgIpc) is 2.95. The Labute approximate surface area is 134 Å². The molecule has 2 rings (SSSR count). The largest absolute Gasteiger partial charge is 0.467 e. The van der Waals surface area contributed by atoms with Crippen molar-refractivity contribution in [3.05, 3.63) is 53.5 Å². The SMILES string of the molecule is CSCCc1ccc(NC(=O)c2coc(CN)c2)cc1.Cl. The molecule has 0 atom stereocenters. The van der Waals surface area contributed by atoms with Crippen LogP contribution in [0.3, 0.4) is 0 Å². The molecule has 0 aliphatic heterocycles. The van der Waals surface area contributed by atoms with Gasteiger partial charge in [-0.25, -0.2) is 0 Å². The van der Waals surface area contributed by atoms with Gasteiger partial charge in [-0.2, -0.15) is 11.8 Å². The molecule has 0 spiro atoms. The molecular weight excluding hydrogens is 308 g/mol. The molecule has 0 aliphatic rings. The first-order chi connectivity index (χ1) is 9.72. The number of nitrogens with one attached hydrogen (secondary N) is 1. The Morgan fingerprint density at radius 2 is 2.05 bits per heavy atom. The molecule has 1 amide bonds. The summed E-state index contributed by atoms with van der Waals surface area (Å²) in [4.78, 5) is 12.0. The predicted molar refractivity (Wildman–Crippen MR) is 90.3 cm³/mol. The molecule has 0 unspecified atom stereocenters. The molecule has 6 heteroatoms. The number of halogens is 1. The minimum atomic E-state index is -0.190. The molecule has 114 valence electrons. The minimum Gasteiger partial charge on any atom is -0.467 e. The summed E-state index contributed by atoms with van der Waals surface area (Å²) in [5, 5.41) is 2.83. The monoisotopic (exact) mass is 326 g/mol. The topological polar surface area (TPSA) is 68.3 Å². The maximum atomic E-state index is 12.0. The number of carbonyl (C=O) groups is 1. The second-order valence-electron chi connectivity index (χ2n) is 4.40. The zero-order valence-electron chi connectivity index (χ0n) is 11.8. The highest BCUT2D eigenvalue weighted by Crippen LogP contribution is 2.14. The predicted octanol–water partition coefficient (Wildman–Crippen LogP) is 3.32. The summed E-state index contributed by atoms with van der Waals surface area (Å²) in [6.07, 6.45) is 4.55. The van der Waals surface area contributed by atoms with E-state index in [4.69, 9.17) is 10.2 Å². The normalized spacial score (nSPS) is 10.0. The summed E-state index contributed by atoms with van der Waals surface area (Å²) in [5.41, 5.74) is 7.97. The van der Waals surface area contributed by atoms with Crippen LogP contribution in [0.2, 0.25) is 0 Å². The van der Waals surface area contributed by atoms with Gasteiger partial charge in [0.25, 0.3) is 5.91 Å². The van der Waals surface area contributed by atoms with Crippen LogP contribution in [0.1, 0.15) is 21.7 Å². The van der Waals surface area contributed by atoms with Crippen LogP contribution in [-0.2, 0) is 13.0 Å². The summed E-state index contributed by atoms with van der Waals surface area (Å²) < 4.78 is 5.15. The van der Waals surface area contributed by atoms with E-state index in [9.17, 15) is 4.79 Å². The van der Waals surface area contributed by atoms with Crippen LogP contribution >= 0.6 is 24.2 Å². The first-order valence-corrected chi connectivity index (χ1v) is 7.79. The molecule has 0 radical (unpaired) electrons. The molecular formula is C15H19ClN2O2S. The highest BCUT2D eigenvalue weighted by atomic mass is 35.5. The standard InChI is InChI=1S/C15H18N2O2S.ClH/c1-20-7-6-11-2-4-13(5-3-11)17-15(18)12-8-14(9-16)19-10-12;/h2-5,8,10H,6-7,9,16H2,1H3,(H,17,18);1H. The third-order valence-electron chi connectivity index (χ3n) is 2.92. The van der Waals surface area contributed by atoms with Gasteiger partial charge in [0.2, 0.25) is 0 Å². The molecule has 4 nitrogen and oxygen atoms in total. The minimum absolute atomic E-state index is 0. The molecule has 0 bridgehead atoms. The second kappa shape index (κ2) is 8.77. The van der Waals surface area contributed by atoms with E-state index >= 15 is 0 Å².